The number of carbonyl (C=O) groups is 1. The van der Waals surface area contributed by atoms with Crippen LogP contribution in [-0.4, -0.2) is 61.0 Å². The Labute approximate surface area is 181 Å². The molecule has 31 heavy (non-hydrogen) atoms. The third-order valence-corrected chi connectivity index (χ3v) is 6.51. The zero-order valence-electron chi connectivity index (χ0n) is 17.6. The lowest BCUT2D eigenvalue weighted by molar-refractivity contribution is 0.0560. The summed E-state index contributed by atoms with van der Waals surface area (Å²) in [6.07, 6.45) is 2.04. The summed E-state index contributed by atoms with van der Waals surface area (Å²) in [4.78, 5) is 32.4. The molecule has 1 amide bonds. The highest BCUT2D eigenvalue weighted by Crippen LogP contribution is 2.22. The molecule has 0 saturated carbocycles. The SMILES string of the molecule is O=C(c1cc2ccccc2oc1=O)N1CCC[C@H](N2CCN(c3ccccc3)CC2)C1. The van der Waals surface area contributed by atoms with Crippen molar-refractivity contribution in [3.63, 3.8) is 0 Å². The minimum Gasteiger partial charge on any atom is -0.422 e. The summed E-state index contributed by atoms with van der Waals surface area (Å²) in [5.74, 6) is -0.216. The maximum absolute atomic E-state index is 13.2. The van der Waals surface area contributed by atoms with Gasteiger partial charge in [0.2, 0.25) is 0 Å². The number of benzene rings is 2. The molecular weight excluding hydrogens is 390 g/mol. The van der Waals surface area contributed by atoms with E-state index in [0.29, 0.717) is 24.7 Å². The van der Waals surface area contributed by atoms with Crippen LogP contribution in [0.2, 0.25) is 0 Å². The Morgan fingerprint density at radius 1 is 0.903 bits per heavy atom. The van der Waals surface area contributed by atoms with Crippen LogP contribution in [0, 0.1) is 0 Å². The molecule has 2 aliphatic rings. The molecule has 1 atom stereocenters. The van der Waals surface area contributed by atoms with Gasteiger partial charge in [0, 0.05) is 56.4 Å². The van der Waals surface area contributed by atoms with Crippen LogP contribution >= 0.6 is 0 Å². The van der Waals surface area contributed by atoms with Gasteiger partial charge in [-0.15, -0.1) is 0 Å². The molecule has 160 valence electrons. The molecule has 2 aromatic carbocycles. The highest BCUT2D eigenvalue weighted by atomic mass is 16.4. The highest BCUT2D eigenvalue weighted by Gasteiger charge is 2.31. The first-order valence-electron chi connectivity index (χ1n) is 11.1. The zero-order valence-corrected chi connectivity index (χ0v) is 17.6. The predicted molar refractivity (Wildman–Crippen MR) is 122 cm³/mol. The molecule has 2 fully saturated rings. The molecule has 6 nitrogen and oxygen atoms in total. The van der Waals surface area contributed by atoms with Gasteiger partial charge in [-0.2, -0.15) is 0 Å². The Morgan fingerprint density at radius 2 is 1.65 bits per heavy atom. The van der Waals surface area contributed by atoms with Crippen molar-refractivity contribution in [1.29, 1.82) is 0 Å². The highest BCUT2D eigenvalue weighted by molar-refractivity contribution is 5.96. The maximum atomic E-state index is 13.2. The number of carbonyl (C=O) groups excluding carboxylic acids is 1. The number of hydrogen-bond acceptors (Lipinski definition) is 5. The molecule has 3 aromatic rings. The van der Waals surface area contributed by atoms with E-state index in [0.717, 1.165) is 44.4 Å². The molecular formula is C25H27N3O3. The number of hydrogen-bond donors (Lipinski definition) is 0. The maximum Gasteiger partial charge on any atom is 0.349 e. The number of likely N-dealkylation sites (tertiary alicyclic amines) is 1. The van der Waals surface area contributed by atoms with Gasteiger partial charge in [0.05, 0.1) is 0 Å². The molecule has 2 aliphatic heterocycles. The number of nitrogens with zero attached hydrogens (tertiary/aromatic N) is 3. The number of rotatable bonds is 3. The van der Waals surface area contributed by atoms with Gasteiger partial charge in [-0.3, -0.25) is 9.69 Å². The van der Waals surface area contributed by atoms with Gasteiger partial charge in [-0.05, 0) is 37.1 Å². The summed E-state index contributed by atoms with van der Waals surface area (Å²) >= 11 is 0. The molecule has 0 N–H and O–H groups in total. The largest absolute Gasteiger partial charge is 0.422 e. The van der Waals surface area contributed by atoms with Crippen LogP contribution < -0.4 is 10.5 Å². The van der Waals surface area contributed by atoms with Crippen LogP contribution in [0.4, 0.5) is 5.69 Å². The van der Waals surface area contributed by atoms with Gasteiger partial charge in [-0.25, -0.2) is 4.79 Å². The van der Waals surface area contributed by atoms with E-state index in [4.69, 9.17) is 4.42 Å². The van der Waals surface area contributed by atoms with Crippen molar-refractivity contribution in [2.24, 2.45) is 0 Å². The van der Waals surface area contributed by atoms with Crippen LogP contribution in [0.5, 0.6) is 0 Å². The summed E-state index contributed by atoms with van der Waals surface area (Å²) in [6.45, 7) is 5.30. The van der Waals surface area contributed by atoms with E-state index in [-0.39, 0.29) is 11.5 Å². The number of fused-ring (bicyclic) bond motifs is 1. The Kier molecular flexibility index (Phi) is 5.47. The number of amides is 1. The van der Waals surface area contributed by atoms with Crippen molar-refractivity contribution in [2.75, 3.05) is 44.2 Å². The molecule has 2 saturated heterocycles. The second kappa shape index (κ2) is 8.55. The van der Waals surface area contributed by atoms with Crippen molar-refractivity contribution >= 4 is 22.6 Å². The molecule has 0 bridgehead atoms. The first kappa shape index (κ1) is 19.8. The quantitative estimate of drug-likeness (QED) is 0.613. The topological polar surface area (TPSA) is 57.0 Å². The average Bonchev–Trinajstić information content (AvgIpc) is 2.84. The van der Waals surface area contributed by atoms with Gasteiger partial charge in [0.25, 0.3) is 5.91 Å². The fraction of sp³-hybridized carbons (Fsp3) is 0.360. The first-order chi connectivity index (χ1) is 15.2. The van der Waals surface area contributed by atoms with Crippen molar-refractivity contribution < 1.29 is 9.21 Å². The van der Waals surface area contributed by atoms with Crippen LogP contribution in [0.3, 0.4) is 0 Å². The lowest BCUT2D eigenvalue weighted by atomic mass is 10.0. The van der Waals surface area contributed by atoms with E-state index < -0.39 is 5.63 Å². The third-order valence-electron chi connectivity index (χ3n) is 6.51. The van der Waals surface area contributed by atoms with Gasteiger partial charge >= 0.3 is 5.63 Å². The van der Waals surface area contributed by atoms with Crippen molar-refractivity contribution in [1.82, 2.24) is 9.80 Å². The van der Waals surface area contributed by atoms with Gasteiger partial charge in [-0.1, -0.05) is 36.4 Å². The third kappa shape index (κ3) is 4.08. The fourth-order valence-corrected chi connectivity index (χ4v) is 4.80. The van der Waals surface area contributed by atoms with Crippen molar-refractivity contribution in [3.8, 4) is 0 Å². The van der Waals surface area contributed by atoms with Crippen LogP contribution in [0.25, 0.3) is 11.0 Å². The van der Waals surface area contributed by atoms with E-state index in [1.807, 2.05) is 29.2 Å². The molecule has 5 rings (SSSR count). The molecule has 0 aliphatic carbocycles. The Hall–Kier alpha value is -3.12. The zero-order chi connectivity index (χ0) is 21.2. The smallest absolute Gasteiger partial charge is 0.349 e. The van der Waals surface area contributed by atoms with E-state index >= 15 is 0 Å². The van der Waals surface area contributed by atoms with E-state index in [2.05, 4.69) is 34.1 Å². The van der Waals surface area contributed by atoms with Crippen molar-refractivity contribution in [3.05, 3.63) is 76.6 Å². The lowest BCUT2D eigenvalue weighted by Crippen LogP contribution is -2.56. The second-order valence-corrected chi connectivity index (χ2v) is 8.39. The average molecular weight is 418 g/mol. The number of para-hydroxylation sites is 2. The normalized spacial score (nSPS) is 20.2. The van der Waals surface area contributed by atoms with Crippen LogP contribution in [0.1, 0.15) is 23.2 Å². The Balaban J connectivity index is 1.26. The minimum absolute atomic E-state index is 0.133. The summed E-state index contributed by atoms with van der Waals surface area (Å²) in [5, 5.41) is 0.774. The summed E-state index contributed by atoms with van der Waals surface area (Å²) in [7, 11) is 0. The Morgan fingerprint density at radius 3 is 2.45 bits per heavy atom. The van der Waals surface area contributed by atoms with Crippen LogP contribution in [0.15, 0.2) is 69.9 Å². The summed E-state index contributed by atoms with van der Waals surface area (Å²) in [5.41, 5.74) is 1.36. The van der Waals surface area contributed by atoms with E-state index in [1.54, 1.807) is 12.1 Å². The van der Waals surface area contributed by atoms with E-state index in [1.165, 1.54) is 5.69 Å². The first-order valence-corrected chi connectivity index (χ1v) is 11.1. The van der Waals surface area contributed by atoms with E-state index in [9.17, 15) is 9.59 Å². The standard InChI is InChI=1S/C25H27N3O3/c29-24(22-17-19-7-4-5-11-23(19)31-25(22)30)28-12-6-10-21(18-28)27-15-13-26(14-16-27)20-8-2-1-3-9-20/h1-5,7-9,11,17,21H,6,10,12-16,18H2/t21-/m0/s1. The monoisotopic (exact) mass is 417 g/mol. The summed E-state index contributed by atoms with van der Waals surface area (Å²) < 4.78 is 5.38. The number of piperazine rings is 1. The molecule has 3 heterocycles. The second-order valence-electron chi connectivity index (χ2n) is 8.39. The predicted octanol–water partition coefficient (Wildman–Crippen LogP) is 3.22. The Bertz CT molecular complexity index is 1120. The number of piperidine rings is 1. The molecule has 1 aromatic heterocycles. The lowest BCUT2D eigenvalue weighted by Gasteiger charge is -2.43. The minimum atomic E-state index is -0.553. The molecule has 0 unspecified atom stereocenters. The summed E-state index contributed by atoms with van der Waals surface area (Å²) in [6, 6.07) is 19.8. The van der Waals surface area contributed by atoms with Gasteiger partial charge < -0.3 is 14.2 Å². The molecule has 0 radical (unpaired) electrons. The fourth-order valence-electron chi connectivity index (χ4n) is 4.80. The number of anilines is 1. The van der Waals surface area contributed by atoms with Gasteiger partial charge in [0.15, 0.2) is 0 Å². The van der Waals surface area contributed by atoms with Crippen LogP contribution in [-0.2, 0) is 0 Å². The van der Waals surface area contributed by atoms with Crippen molar-refractivity contribution in [2.45, 2.75) is 18.9 Å². The molecule has 0 spiro atoms. The molecule has 6 heteroatoms. The van der Waals surface area contributed by atoms with Gasteiger partial charge in [0.1, 0.15) is 11.1 Å².